The second kappa shape index (κ2) is 5.46. The van der Waals surface area contributed by atoms with E-state index < -0.39 is 9.84 Å². The molecule has 0 N–H and O–H groups in total. The topological polar surface area (TPSA) is 64.8 Å². The van der Waals surface area contributed by atoms with E-state index in [9.17, 15) is 8.42 Å². The Morgan fingerprint density at radius 3 is 2.87 bits per heavy atom. The first-order valence-electron chi connectivity index (χ1n) is 4.72. The summed E-state index contributed by atoms with van der Waals surface area (Å²) in [4.78, 5) is 3.94. The molecule has 0 amide bonds. The number of aryl methyl sites for hydroxylation is 1. The zero-order chi connectivity index (χ0) is 11.3. The summed E-state index contributed by atoms with van der Waals surface area (Å²) in [7, 11) is -2.89. The van der Waals surface area contributed by atoms with Gasteiger partial charge in [0.2, 0.25) is 0 Å². The van der Waals surface area contributed by atoms with Crippen LogP contribution in [0.2, 0.25) is 0 Å². The Hall–Kier alpha value is -0.620. The molecule has 15 heavy (non-hydrogen) atoms. The molecule has 0 aromatic carbocycles. The van der Waals surface area contributed by atoms with Crippen molar-refractivity contribution in [1.82, 2.24) is 14.8 Å². The second-order valence-corrected chi connectivity index (χ2v) is 5.86. The highest BCUT2D eigenvalue weighted by Crippen LogP contribution is 2.01. The molecule has 1 heterocycles. The zero-order valence-electron chi connectivity index (χ0n) is 8.56. The van der Waals surface area contributed by atoms with Crippen molar-refractivity contribution in [3.8, 4) is 0 Å². The lowest BCUT2D eigenvalue weighted by molar-refractivity contribution is 0.563. The Balaban J connectivity index is 2.45. The molecule has 0 aliphatic carbocycles. The van der Waals surface area contributed by atoms with E-state index in [4.69, 9.17) is 11.6 Å². The first-order chi connectivity index (χ1) is 7.09. The van der Waals surface area contributed by atoms with Gasteiger partial charge in [-0.1, -0.05) is 6.92 Å². The van der Waals surface area contributed by atoms with Gasteiger partial charge >= 0.3 is 0 Å². The van der Waals surface area contributed by atoms with E-state index in [0.717, 1.165) is 0 Å². The van der Waals surface area contributed by atoms with Crippen LogP contribution < -0.4 is 0 Å². The number of rotatable bonds is 6. The van der Waals surface area contributed by atoms with E-state index in [1.165, 1.54) is 6.33 Å². The monoisotopic (exact) mass is 251 g/mol. The predicted molar refractivity (Wildman–Crippen MR) is 58.5 cm³/mol. The first-order valence-corrected chi connectivity index (χ1v) is 7.07. The second-order valence-electron chi connectivity index (χ2n) is 3.12. The molecular weight excluding hydrogens is 238 g/mol. The molecule has 7 heteroatoms. The summed E-state index contributed by atoms with van der Waals surface area (Å²) < 4.78 is 24.1. The Bertz CT molecular complexity index is 402. The molecule has 0 radical (unpaired) electrons. The van der Waals surface area contributed by atoms with Crippen molar-refractivity contribution in [3.05, 3.63) is 12.2 Å². The maximum atomic E-state index is 11.2. The Labute approximate surface area is 94.4 Å². The number of alkyl halides is 1. The van der Waals surface area contributed by atoms with Gasteiger partial charge in [0.25, 0.3) is 0 Å². The van der Waals surface area contributed by atoms with E-state index in [0.29, 0.717) is 24.7 Å². The molecule has 0 saturated heterocycles. The molecule has 0 unspecified atom stereocenters. The summed E-state index contributed by atoms with van der Waals surface area (Å²) in [6.45, 7) is 2.19. The van der Waals surface area contributed by atoms with Crippen LogP contribution in [0.5, 0.6) is 0 Å². The van der Waals surface area contributed by atoms with Gasteiger partial charge in [-0.3, -0.25) is 0 Å². The van der Waals surface area contributed by atoms with Crippen LogP contribution in [0.1, 0.15) is 19.2 Å². The highest BCUT2D eigenvalue weighted by atomic mass is 35.5. The zero-order valence-corrected chi connectivity index (χ0v) is 10.1. The Morgan fingerprint density at radius 1 is 1.53 bits per heavy atom. The highest BCUT2D eigenvalue weighted by molar-refractivity contribution is 7.91. The van der Waals surface area contributed by atoms with Gasteiger partial charge in [-0.05, 0) is 6.42 Å². The van der Waals surface area contributed by atoms with E-state index in [-0.39, 0.29) is 11.5 Å². The summed E-state index contributed by atoms with van der Waals surface area (Å²) in [5, 5.41) is 3.96. The van der Waals surface area contributed by atoms with Crippen LogP contribution in [0, 0.1) is 0 Å². The smallest absolute Gasteiger partial charge is 0.150 e. The average molecular weight is 252 g/mol. The van der Waals surface area contributed by atoms with Crippen LogP contribution >= 0.6 is 11.6 Å². The summed E-state index contributed by atoms with van der Waals surface area (Å²) in [5.74, 6) is 1.34. The van der Waals surface area contributed by atoms with E-state index in [1.54, 1.807) is 11.6 Å². The van der Waals surface area contributed by atoms with Crippen molar-refractivity contribution in [2.45, 2.75) is 25.8 Å². The molecule has 1 aromatic heterocycles. The Morgan fingerprint density at radius 2 is 2.27 bits per heavy atom. The van der Waals surface area contributed by atoms with Gasteiger partial charge in [-0.25, -0.2) is 18.1 Å². The van der Waals surface area contributed by atoms with Crippen LogP contribution in [-0.4, -0.2) is 34.7 Å². The van der Waals surface area contributed by atoms with Gasteiger partial charge in [0, 0.05) is 12.3 Å². The SMILES string of the molecule is CCS(=O)(=O)CCCn1ncnc1CCl. The lowest BCUT2D eigenvalue weighted by Gasteiger charge is -2.03. The molecule has 0 spiro atoms. The number of halogens is 1. The van der Waals surface area contributed by atoms with Gasteiger partial charge in [0.05, 0.1) is 11.6 Å². The maximum absolute atomic E-state index is 11.2. The molecule has 86 valence electrons. The molecule has 1 rings (SSSR count). The molecule has 0 bridgehead atoms. The minimum Gasteiger partial charge on any atom is -0.249 e. The number of nitrogens with zero attached hydrogens (tertiary/aromatic N) is 3. The average Bonchev–Trinajstić information content (AvgIpc) is 2.65. The fourth-order valence-electron chi connectivity index (χ4n) is 1.16. The minimum absolute atomic E-state index is 0.186. The molecule has 0 atom stereocenters. The fraction of sp³-hybridized carbons (Fsp3) is 0.750. The summed E-state index contributed by atoms with van der Waals surface area (Å²) in [6.07, 6.45) is 1.97. The lowest BCUT2D eigenvalue weighted by Crippen LogP contribution is -2.13. The van der Waals surface area contributed by atoms with Crippen molar-refractivity contribution < 1.29 is 8.42 Å². The van der Waals surface area contributed by atoms with Gasteiger partial charge in [-0.15, -0.1) is 11.6 Å². The van der Waals surface area contributed by atoms with Crippen LogP contribution in [0.4, 0.5) is 0 Å². The maximum Gasteiger partial charge on any atom is 0.150 e. The summed E-state index contributed by atoms with van der Waals surface area (Å²) in [6, 6.07) is 0. The van der Waals surface area contributed by atoms with Crippen molar-refractivity contribution in [3.63, 3.8) is 0 Å². The van der Waals surface area contributed by atoms with Crippen molar-refractivity contribution >= 4 is 21.4 Å². The van der Waals surface area contributed by atoms with Crippen LogP contribution in [-0.2, 0) is 22.3 Å². The number of hydrogen-bond donors (Lipinski definition) is 0. The van der Waals surface area contributed by atoms with Gasteiger partial charge in [0.15, 0.2) is 0 Å². The molecule has 0 aliphatic heterocycles. The van der Waals surface area contributed by atoms with E-state index in [2.05, 4.69) is 10.1 Å². The highest BCUT2D eigenvalue weighted by Gasteiger charge is 2.08. The van der Waals surface area contributed by atoms with E-state index >= 15 is 0 Å². The van der Waals surface area contributed by atoms with Crippen LogP contribution in [0.3, 0.4) is 0 Å². The Kier molecular flexibility index (Phi) is 4.53. The normalized spacial score (nSPS) is 11.9. The minimum atomic E-state index is -2.89. The first kappa shape index (κ1) is 12.4. The lowest BCUT2D eigenvalue weighted by atomic mass is 10.5. The number of sulfone groups is 1. The molecular formula is C8H14ClN3O2S. The van der Waals surface area contributed by atoms with Crippen molar-refractivity contribution in [2.24, 2.45) is 0 Å². The summed E-state index contributed by atoms with van der Waals surface area (Å²) >= 11 is 5.63. The van der Waals surface area contributed by atoms with Gasteiger partial charge in [-0.2, -0.15) is 5.10 Å². The third-order valence-corrected chi connectivity index (χ3v) is 4.11. The standard InChI is InChI=1S/C8H14ClN3O2S/c1-2-15(13,14)5-3-4-12-8(6-9)10-7-11-12/h7H,2-6H2,1H3. The van der Waals surface area contributed by atoms with Crippen LogP contribution in [0.25, 0.3) is 0 Å². The summed E-state index contributed by atoms with van der Waals surface area (Å²) in [5.41, 5.74) is 0. The molecule has 5 nitrogen and oxygen atoms in total. The largest absolute Gasteiger partial charge is 0.249 e. The molecule has 0 aliphatic rings. The van der Waals surface area contributed by atoms with Crippen molar-refractivity contribution in [1.29, 1.82) is 0 Å². The van der Waals surface area contributed by atoms with Gasteiger partial charge in [0.1, 0.15) is 22.0 Å². The van der Waals surface area contributed by atoms with Crippen LogP contribution in [0.15, 0.2) is 6.33 Å². The van der Waals surface area contributed by atoms with Gasteiger partial charge < -0.3 is 0 Å². The number of hydrogen-bond acceptors (Lipinski definition) is 4. The number of aromatic nitrogens is 3. The molecule has 0 fully saturated rings. The molecule has 0 saturated carbocycles. The fourth-order valence-corrected chi connectivity index (χ4v) is 2.22. The quantitative estimate of drug-likeness (QED) is 0.703. The predicted octanol–water partition coefficient (Wildman–Crippen LogP) is 0.842. The van der Waals surface area contributed by atoms with E-state index in [1.807, 2.05) is 0 Å². The van der Waals surface area contributed by atoms with Crippen molar-refractivity contribution in [2.75, 3.05) is 11.5 Å². The third-order valence-electron chi connectivity index (χ3n) is 2.08. The molecule has 1 aromatic rings. The third kappa shape index (κ3) is 3.79.